The first-order valence-corrected chi connectivity index (χ1v) is 11.6. The van der Waals surface area contributed by atoms with Gasteiger partial charge in [0.2, 0.25) is 0 Å². The highest BCUT2D eigenvalue weighted by Crippen LogP contribution is 2.40. The molecule has 2 atom stereocenters. The monoisotopic (exact) mass is 465 g/mol. The summed E-state index contributed by atoms with van der Waals surface area (Å²) in [5.41, 5.74) is 2.02. The Kier molecular flexibility index (Phi) is 5.47. The molecule has 4 rings (SSSR count). The molecule has 0 saturated heterocycles. The largest absolute Gasteiger partial charge is 0.409 e. The Morgan fingerprint density at radius 2 is 1.77 bits per heavy atom. The van der Waals surface area contributed by atoms with Crippen LogP contribution in [0.15, 0.2) is 48.7 Å². The molecule has 4 nitrogen and oxygen atoms in total. The van der Waals surface area contributed by atoms with Crippen LogP contribution in [0.3, 0.4) is 0 Å². The zero-order valence-corrected chi connectivity index (χ0v) is 19.1. The number of fused-ring (bicyclic) bond motifs is 2. The van der Waals surface area contributed by atoms with E-state index in [-0.39, 0.29) is 4.88 Å². The van der Waals surface area contributed by atoms with Gasteiger partial charge in [0.05, 0.1) is 26.3 Å². The molecule has 164 valence electrons. The molecule has 0 spiro atoms. The Bertz CT molecular complexity index is 1280. The van der Waals surface area contributed by atoms with Gasteiger partial charge in [-0.1, -0.05) is 47.7 Å². The van der Waals surface area contributed by atoms with E-state index >= 15 is 0 Å². The molecule has 0 saturated carbocycles. The van der Waals surface area contributed by atoms with Crippen molar-refractivity contribution in [1.82, 2.24) is 14.1 Å². The first-order chi connectivity index (χ1) is 14.4. The Morgan fingerprint density at radius 1 is 1.10 bits per heavy atom. The summed E-state index contributed by atoms with van der Waals surface area (Å²) >= 11 is 0.966. The molecule has 0 aliphatic rings. The van der Waals surface area contributed by atoms with Crippen molar-refractivity contribution >= 4 is 38.1 Å². The summed E-state index contributed by atoms with van der Waals surface area (Å²) < 4.78 is 57.1. The van der Waals surface area contributed by atoms with Crippen LogP contribution in [-0.2, 0) is 11.0 Å². The molecule has 2 aromatic heterocycles. The number of nitrogens with zero attached hydrogens (tertiary/aromatic N) is 2. The van der Waals surface area contributed by atoms with Gasteiger partial charge in [-0.15, -0.1) is 0 Å². The molecule has 0 aliphatic heterocycles. The zero-order chi connectivity index (χ0) is 22.6. The molecule has 9 heteroatoms. The summed E-state index contributed by atoms with van der Waals surface area (Å²) in [6.45, 7) is 6.53. The van der Waals surface area contributed by atoms with Crippen LogP contribution in [0.25, 0.3) is 27.0 Å². The second-order valence-corrected chi connectivity index (χ2v) is 11.4. The molecule has 2 aromatic carbocycles. The number of thiazole rings is 1. The lowest BCUT2D eigenvalue weighted by Crippen LogP contribution is -2.41. The number of aromatic nitrogens is 2. The molecule has 1 N–H and O–H groups in total. The predicted molar refractivity (Wildman–Crippen MR) is 121 cm³/mol. The van der Waals surface area contributed by atoms with E-state index in [0.29, 0.717) is 16.3 Å². The fourth-order valence-corrected chi connectivity index (χ4v) is 5.35. The fourth-order valence-electron chi connectivity index (χ4n) is 3.27. The summed E-state index contributed by atoms with van der Waals surface area (Å²) in [5.74, 6) is 0. The van der Waals surface area contributed by atoms with Crippen LogP contribution in [0, 0.1) is 6.92 Å². The highest BCUT2D eigenvalue weighted by atomic mass is 32.2. The van der Waals surface area contributed by atoms with E-state index in [1.54, 1.807) is 38.3 Å². The van der Waals surface area contributed by atoms with Crippen LogP contribution in [0.5, 0.6) is 0 Å². The van der Waals surface area contributed by atoms with Crippen LogP contribution in [0.1, 0.15) is 37.4 Å². The molecule has 0 radical (unpaired) electrons. The maximum atomic E-state index is 13.8. The lowest BCUT2D eigenvalue weighted by Gasteiger charge is -2.25. The van der Waals surface area contributed by atoms with Gasteiger partial charge in [-0.3, -0.25) is 4.40 Å². The van der Waals surface area contributed by atoms with E-state index in [9.17, 15) is 17.4 Å². The third-order valence-corrected chi connectivity index (χ3v) is 7.79. The normalized spacial score (nSPS) is 14.9. The van der Waals surface area contributed by atoms with Crippen molar-refractivity contribution in [3.8, 4) is 11.3 Å². The van der Waals surface area contributed by atoms with Crippen molar-refractivity contribution < 1.29 is 17.4 Å². The number of rotatable bonds is 4. The van der Waals surface area contributed by atoms with Crippen molar-refractivity contribution in [3.05, 3.63) is 59.2 Å². The van der Waals surface area contributed by atoms with Crippen molar-refractivity contribution in [3.63, 3.8) is 0 Å². The molecular formula is C22H22F3N3OS2. The van der Waals surface area contributed by atoms with Gasteiger partial charge in [0, 0.05) is 17.5 Å². The first kappa shape index (κ1) is 22.0. The number of aryl methyl sites for hydroxylation is 1. The van der Waals surface area contributed by atoms with E-state index in [4.69, 9.17) is 0 Å². The summed E-state index contributed by atoms with van der Waals surface area (Å²) in [7, 11) is -1.87. The van der Waals surface area contributed by atoms with Crippen LogP contribution in [-0.4, -0.2) is 24.5 Å². The molecule has 0 aliphatic carbocycles. The fraction of sp³-hybridized carbons (Fsp3) is 0.318. The summed E-state index contributed by atoms with van der Waals surface area (Å²) in [6, 6.07) is 11.9. The van der Waals surface area contributed by atoms with Crippen molar-refractivity contribution in [2.45, 2.75) is 44.7 Å². The zero-order valence-electron chi connectivity index (χ0n) is 17.4. The number of benzene rings is 2. The van der Waals surface area contributed by atoms with Gasteiger partial charge < -0.3 is 0 Å². The average Bonchev–Trinajstić information content (AvgIpc) is 3.23. The van der Waals surface area contributed by atoms with E-state index in [1.807, 2.05) is 42.5 Å². The topological polar surface area (TPSA) is 46.4 Å². The quantitative estimate of drug-likeness (QED) is 0.391. The van der Waals surface area contributed by atoms with Crippen molar-refractivity contribution in [2.75, 3.05) is 0 Å². The Labute approximate surface area is 184 Å². The molecule has 0 fully saturated rings. The first-order valence-electron chi connectivity index (χ1n) is 9.67. The molecular weight excluding hydrogens is 443 g/mol. The highest BCUT2D eigenvalue weighted by Gasteiger charge is 2.45. The number of alkyl halides is 3. The van der Waals surface area contributed by atoms with Gasteiger partial charge in [-0.25, -0.2) is 13.9 Å². The van der Waals surface area contributed by atoms with E-state index in [1.165, 1.54) is 0 Å². The summed E-state index contributed by atoms with van der Waals surface area (Å²) in [6.07, 6.45) is -2.83. The van der Waals surface area contributed by atoms with Gasteiger partial charge >= 0.3 is 6.18 Å². The third-order valence-electron chi connectivity index (χ3n) is 5.01. The van der Waals surface area contributed by atoms with Crippen LogP contribution in [0.2, 0.25) is 0 Å². The molecule has 0 unspecified atom stereocenters. The van der Waals surface area contributed by atoms with Crippen LogP contribution in [0.4, 0.5) is 13.2 Å². The lowest BCUT2D eigenvalue weighted by atomic mass is 10.1. The van der Waals surface area contributed by atoms with Crippen molar-refractivity contribution in [1.29, 1.82) is 0 Å². The number of halogens is 3. The van der Waals surface area contributed by atoms with Gasteiger partial charge in [-0.05, 0) is 44.5 Å². The third kappa shape index (κ3) is 4.26. The van der Waals surface area contributed by atoms with E-state index < -0.39 is 28.0 Å². The van der Waals surface area contributed by atoms with Crippen LogP contribution >= 0.6 is 11.3 Å². The molecule has 2 heterocycles. The van der Waals surface area contributed by atoms with Crippen molar-refractivity contribution in [2.24, 2.45) is 0 Å². The van der Waals surface area contributed by atoms with Gasteiger partial charge in [-0.2, -0.15) is 13.2 Å². The Hall–Kier alpha value is -2.23. The average molecular weight is 466 g/mol. The minimum Gasteiger partial charge on any atom is -0.294 e. The predicted octanol–water partition coefficient (Wildman–Crippen LogP) is 6.18. The number of imidazole rings is 1. The number of hydrogen-bond donors (Lipinski definition) is 1. The lowest BCUT2D eigenvalue weighted by molar-refractivity contribution is -0.152. The van der Waals surface area contributed by atoms with Gasteiger partial charge in [0.15, 0.2) is 11.0 Å². The van der Waals surface area contributed by atoms with E-state index in [0.717, 1.165) is 27.7 Å². The highest BCUT2D eigenvalue weighted by molar-refractivity contribution is 7.84. The molecule has 0 amide bonds. The van der Waals surface area contributed by atoms with Crippen LogP contribution < -0.4 is 4.72 Å². The van der Waals surface area contributed by atoms with E-state index in [2.05, 4.69) is 9.71 Å². The summed E-state index contributed by atoms with van der Waals surface area (Å²) in [5, 5.41) is 2.18. The maximum Gasteiger partial charge on any atom is 0.409 e. The van der Waals surface area contributed by atoms with Gasteiger partial charge in [0.1, 0.15) is 0 Å². The summed E-state index contributed by atoms with van der Waals surface area (Å²) in [4.78, 5) is 5.11. The second kappa shape index (κ2) is 7.72. The Balaban J connectivity index is 1.74. The Morgan fingerprint density at radius 3 is 2.39 bits per heavy atom. The molecule has 31 heavy (non-hydrogen) atoms. The molecule has 4 aromatic rings. The number of hydrogen-bond acceptors (Lipinski definition) is 3. The standard InChI is InChI=1S/C22H22F3N3OS2/c1-13-18(19(22(23,24)25)27-31(29)21(2,3)4)30-20-26-17(12-28(13)20)16-10-9-14-7-5-6-8-15(14)11-16/h5-12,19,27H,1-4H3/t19-,31-/m0/s1. The molecule has 0 bridgehead atoms. The van der Waals surface area contributed by atoms with Gasteiger partial charge in [0.25, 0.3) is 0 Å². The smallest absolute Gasteiger partial charge is 0.294 e. The minimum absolute atomic E-state index is 0.0673. The number of nitrogens with one attached hydrogen (secondary N) is 1. The maximum absolute atomic E-state index is 13.8. The second-order valence-electron chi connectivity index (χ2n) is 8.37. The SMILES string of the molecule is Cc1c([C@H](N[S@@](=O)C(C)(C)C)C(F)(F)F)sc2nc(-c3ccc4ccccc4c3)cn12. The minimum atomic E-state index is -4.59.